The molecule has 0 fully saturated rings. The van der Waals surface area contributed by atoms with Gasteiger partial charge in [-0.25, -0.2) is 0 Å². The minimum atomic E-state index is 0.691. The summed E-state index contributed by atoms with van der Waals surface area (Å²) in [5.74, 6) is 0.730. The number of nitrogens with zero attached hydrogens (tertiary/aromatic N) is 1. The summed E-state index contributed by atoms with van der Waals surface area (Å²) in [5.41, 5.74) is 8.15. The van der Waals surface area contributed by atoms with Crippen LogP contribution < -0.4 is 5.73 Å². The number of anilines is 1. The first kappa shape index (κ1) is 9.27. The lowest BCUT2D eigenvalue weighted by Crippen LogP contribution is -1.92. The van der Waals surface area contributed by atoms with E-state index < -0.39 is 0 Å². The first-order valence-electron chi connectivity index (χ1n) is 4.14. The molecular formula is C10H9BrN2O. The molecule has 0 amide bonds. The van der Waals surface area contributed by atoms with Gasteiger partial charge in [0.25, 0.3) is 0 Å². The Hall–Kier alpha value is -1.29. The van der Waals surface area contributed by atoms with Crippen LogP contribution in [0.2, 0.25) is 0 Å². The van der Waals surface area contributed by atoms with Crippen molar-refractivity contribution in [2.45, 2.75) is 6.92 Å². The molecule has 0 saturated heterocycles. The number of rotatable bonds is 1. The van der Waals surface area contributed by atoms with Gasteiger partial charge in [-0.3, -0.25) is 4.98 Å². The van der Waals surface area contributed by atoms with E-state index >= 15 is 0 Å². The van der Waals surface area contributed by atoms with Crippen LogP contribution in [0.25, 0.3) is 11.5 Å². The van der Waals surface area contributed by atoms with E-state index in [2.05, 4.69) is 20.9 Å². The smallest absolute Gasteiger partial charge is 0.166 e. The Morgan fingerprint density at radius 3 is 2.86 bits per heavy atom. The number of nitrogens with two attached hydrogens (primary N) is 1. The van der Waals surface area contributed by atoms with Crippen molar-refractivity contribution in [3.8, 4) is 11.5 Å². The van der Waals surface area contributed by atoms with E-state index in [0.29, 0.717) is 5.69 Å². The van der Waals surface area contributed by atoms with Gasteiger partial charge >= 0.3 is 0 Å². The van der Waals surface area contributed by atoms with Crippen molar-refractivity contribution in [1.82, 2.24) is 4.98 Å². The molecule has 0 aliphatic rings. The van der Waals surface area contributed by atoms with Gasteiger partial charge in [0.2, 0.25) is 0 Å². The Labute approximate surface area is 90.1 Å². The molecule has 72 valence electrons. The molecule has 0 aliphatic carbocycles. The lowest BCUT2D eigenvalue weighted by atomic mass is 10.2. The first-order chi connectivity index (χ1) is 6.68. The number of aromatic nitrogens is 1. The van der Waals surface area contributed by atoms with Crippen molar-refractivity contribution in [1.29, 1.82) is 0 Å². The lowest BCUT2D eigenvalue weighted by molar-refractivity contribution is 0.579. The molecule has 0 saturated carbocycles. The molecule has 0 aliphatic heterocycles. The van der Waals surface area contributed by atoms with Gasteiger partial charge in [-0.05, 0) is 40.5 Å². The van der Waals surface area contributed by atoms with Gasteiger partial charge in [0, 0.05) is 0 Å². The molecular weight excluding hydrogens is 244 g/mol. The molecule has 3 nitrogen and oxygen atoms in total. The van der Waals surface area contributed by atoms with Crippen molar-refractivity contribution in [2.75, 3.05) is 5.73 Å². The van der Waals surface area contributed by atoms with E-state index in [1.165, 1.54) is 0 Å². The summed E-state index contributed by atoms with van der Waals surface area (Å²) < 4.78 is 6.19. The fraction of sp³-hybridized carbons (Fsp3) is 0.100. The lowest BCUT2D eigenvalue weighted by Gasteiger charge is -2.01. The van der Waals surface area contributed by atoms with Crippen LogP contribution in [0.1, 0.15) is 5.56 Å². The Morgan fingerprint density at radius 2 is 2.29 bits per heavy atom. The van der Waals surface area contributed by atoms with Crippen LogP contribution >= 0.6 is 15.9 Å². The zero-order chi connectivity index (χ0) is 10.1. The van der Waals surface area contributed by atoms with Gasteiger partial charge in [-0.1, -0.05) is 0 Å². The van der Waals surface area contributed by atoms with Gasteiger partial charge < -0.3 is 10.2 Å². The highest BCUT2D eigenvalue weighted by Gasteiger charge is 2.08. The number of halogens is 1. The second-order valence-electron chi connectivity index (χ2n) is 3.02. The number of aryl methyl sites for hydroxylation is 1. The van der Waals surface area contributed by atoms with E-state index in [0.717, 1.165) is 21.5 Å². The van der Waals surface area contributed by atoms with E-state index in [-0.39, 0.29) is 0 Å². The summed E-state index contributed by atoms with van der Waals surface area (Å²) in [6.45, 7) is 1.94. The molecule has 4 heteroatoms. The summed E-state index contributed by atoms with van der Waals surface area (Å²) in [6.07, 6.45) is 3.26. The predicted octanol–water partition coefficient (Wildman–Crippen LogP) is 2.99. The fourth-order valence-electron chi connectivity index (χ4n) is 1.17. The maximum absolute atomic E-state index is 5.68. The van der Waals surface area contributed by atoms with Crippen molar-refractivity contribution in [3.63, 3.8) is 0 Å². The van der Waals surface area contributed by atoms with Gasteiger partial charge in [0.1, 0.15) is 5.69 Å². The van der Waals surface area contributed by atoms with E-state index in [1.807, 2.05) is 19.1 Å². The topological polar surface area (TPSA) is 52.0 Å². The van der Waals surface area contributed by atoms with E-state index in [1.54, 1.807) is 12.5 Å². The Bertz CT molecular complexity index is 465. The molecule has 14 heavy (non-hydrogen) atoms. The summed E-state index contributed by atoms with van der Waals surface area (Å²) in [6, 6.07) is 3.74. The Balaban J connectivity index is 2.53. The van der Waals surface area contributed by atoms with E-state index in [9.17, 15) is 0 Å². The molecule has 0 unspecified atom stereocenters. The molecule has 0 atom stereocenters. The summed E-state index contributed by atoms with van der Waals surface area (Å²) in [4.78, 5) is 4.19. The Morgan fingerprint density at radius 1 is 1.50 bits per heavy atom. The molecule has 0 spiro atoms. The molecule has 2 rings (SSSR count). The average Bonchev–Trinajstić information content (AvgIpc) is 2.57. The third-order valence-electron chi connectivity index (χ3n) is 2.00. The highest BCUT2D eigenvalue weighted by atomic mass is 79.9. The minimum absolute atomic E-state index is 0.691. The highest BCUT2D eigenvalue weighted by molar-refractivity contribution is 9.10. The summed E-state index contributed by atoms with van der Waals surface area (Å²) in [5, 5.41) is 0. The standard InChI is InChI=1S/C10H9BrN2O/c1-6-4-9(13-5-8(6)12)10-7(11)2-3-14-10/h2-5H,12H2,1H3. The number of furan rings is 1. The van der Waals surface area contributed by atoms with Gasteiger partial charge in [-0.15, -0.1) is 0 Å². The zero-order valence-corrected chi connectivity index (χ0v) is 9.21. The molecule has 2 heterocycles. The first-order valence-corrected chi connectivity index (χ1v) is 4.93. The second-order valence-corrected chi connectivity index (χ2v) is 3.88. The van der Waals surface area contributed by atoms with E-state index in [4.69, 9.17) is 10.2 Å². The van der Waals surface area contributed by atoms with Gasteiger partial charge in [0.15, 0.2) is 5.76 Å². The van der Waals surface area contributed by atoms with Crippen LogP contribution in [0.3, 0.4) is 0 Å². The number of hydrogen-bond acceptors (Lipinski definition) is 3. The van der Waals surface area contributed by atoms with Crippen LogP contribution in [0.15, 0.2) is 33.5 Å². The van der Waals surface area contributed by atoms with Crippen LogP contribution in [-0.2, 0) is 0 Å². The highest BCUT2D eigenvalue weighted by Crippen LogP contribution is 2.28. The van der Waals surface area contributed by atoms with Crippen LogP contribution in [0.4, 0.5) is 5.69 Å². The average molecular weight is 253 g/mol. The minimum Gasteiger partial charge on any atom is -0.461 e. The summed E-state index contributed by atoms with van der Waals surface area (Å²) >= 11 is 3.38. The molecule has 0 bridgehead atoms. The van der Waals surface area contributed by atoms with Crippen molar-refractivity contribution < 1.29 is 4.42 Å². The zero-order valence-electron chi connectivity index (χ0n) is 7.62. The SMILES string of the molecule is Cc1cc(-c2occc2Br)ncc1N. The maximum Gasteiger partial charge on any atom is 0.166 e. The monoisotopic (exact) mass is 252 g/mol. The third kappa shape index (κ3) is 1.53. The fourth-order valence-corrected chi connectivity index (χ4v) is 1.57. The summed E-state index contributed by atoms with van der Waals surface area (Å²) in [7, 11) is 0. The number of pyridine rings is 1. The van der Waals surface area contributed by atoms with Crippen molar-refractivity contribution in [2.24, 2.45) is 0 Å². The predicted molar refractivity (Wildman–Crippen MR) is 58.8 cm³/mol. The van der Waals surface area contributed by atoms with Crippen molar-refractivity contribution in [3.05, 3.63) is 34.6 Å². The molecule has 0 aromatic carbocycles. The number of nitrogen functional groups attached to an aromatic ring is 1. The molecule has 2 aromatic rings. The normalized spacial score (nSPS) is 10.4. The number of hydrogen-bond donors (Lipinski definition) is 1. The Kier molecular flexibility index (Phi) is 2.29. The van der Waals surface area contributed by atoms with Crippen LogP contribution in [0.5, 0.6) is 0 Å². The molecule has 2 N–H and O–H groups in total. The van der Waals surface area contributed by atoms with Crippen LogP contribution in [0, 0.1) is 6.92 Å². The van der Waals surface area contributed by atoms with Gasteiger partial charge in [-0.2, -0.15) is 0 Å². The largest absolute Gasteiger partial charge is 0.461 e. The quantitative estimate of drug-likeness (QED) is 0.849. The third-order valence-corrected chi connectivity index (χ3v) is 2.63. The second kappa shape index (κ2) is 3.46. The molecule has 0 radical (unpaired) electrons. The maximum atomic E-state index is 5.68. The van der Waals surface area contributed by atoms with Gasteiger partial charge in [0.05, 0.1) is 22.6 Å². The van der Waals surface area contributed by atoms with Crippen LogP contribution in [-0.4, -0.2) is 4.98 Å². The van der Waals surface area contributed by atoms with Crippen molar-refractivity contribution >= 4 is 21.6 Å². The molecule has 2 aromatic heterocycles.